The smallest absolute Gasteiger partial charge is 0.231 e. The predicted molar refractivity (Wildman–Crippen MR) is 85.4 cm³/mol. The topological polar surface area (TPSA) is 30.5 Å². The zero-order chi connectivity index (χ0) is 15.3. The van der Waals surface area contributed by atoms with Crippen LogP contribution in [0.2, 0.25) is 0 Å². The van der Waals surface area contributed by atoms with E-state index in [1.54, 1.807) is 0 Å². The Bertz CT molecular complexity index is 573. The monoisotopic (exact) mass is 285 g/mol. The van der Waals surface area contributed by atoms with Gasteiger partial charge in [-0.3, -0.25) is 0 Å². The van der Waals surface area contributed by atoms with Crippen molar-refractivity contribution in [3.05, 3.63) is 35.9 Å². The third kappa shape index (κ3) is 4.84. The molecular formula is C18H23NO2. The Morgan fingerprint density at radius 2 is 2.05 bits per heavy atom. The molecule has 3 nitrogen and oxygen atoms in total. The first-order valence-corrected chi connectivity index (χ1v) is 7.26. The van der Waals surface area contributed by atoms with E-state index >= 15 is 0 Å². The van der Waals surface area contributed by atoms with E-state index in [1.165, 1.54) is 5.56 Å². The Morgan fingerprint density at radius 3 is 2.81 bits per heavy atom. The first kappa shape index (κ1) is 15.5. The number of hydrogen-bond acceptors (Lipinski definition) is 3. The van der Waals surface area contributed by atoms with Crippen LogP contribution < -0.4 is 14.8 Å². The minimum Gasteiger partial charge on any atom is -0.454 e. The van der Waals surface area contributed by atoms with Crippen LogP contribution in [0.1, 0.15) is 39.3 Å². The summed E-state index contributed by atoms with van der Waals surface area (Å²) in [5, 5.41) is 3.44. The minimum atomic E-state index is 0.0531. The predicted octanol–water partition coefficient (Wildman–Crippen LogP) is 3.67. The molecule has 0 saturated heterocycles. The van der Waals surface area contributed by atoms with E-state index < -0.39 is 0 Å². The molecule has 21 heavy (non-hydrogen) atoms. The van der Waals surface area contributed by atoms with Gasteiger partial charge in [-0.2, -0.15) is 0 Å². The van der Waals surface area contributed by atoms with Crippen molar-refractivity contribution in [2.45, 2.75) is 33.7 Å². The molecule has 0 amide bonds. The summed E-state index contributed by atoms with van der Waals surface area (Å²) < 4.78 is 10.7. The van der Waals surface area contributed by atoms with Crippen LogP contribution in [0.15, 0.2) is 30.4 Å². The number of hydrogen-bond donors (Lipinski definition) is 1. The van der Waals surface area contributed by atoms with Crippen molar-refractivity contribution in [1.82, 2.24) is 5.32 Å². The van der Waals surface area contributed by atoms with E-state index in [4.69, 9.17) is 9.47 Å². The molecule has 0 fully saturated rings. The first-order valence-electron chi connectivity index (χ1n) is 7.26. The van der Waals surface area contributed by atoms with Crippen LogP contribution in [0, 0.1) is 17.3 Å². The number of fused-ring (bicyclic) bond motifs is 1. The Balaban J connectivity index is 1.83. The normalized spacial score (nSPS) is 14.9. The van der Waals surface area contributed by atoms with Crippen molar-refractivity contribution in [1.29, 1.82) is 0 Å². The van der Waals surface area contributed by atoms with Gasteiger partial charge < -0.3 is 14.8 Å². The number of rotatable bonds is 4. The van der Waals surface area contributed by atoms with Crippen LogP contribution in [0.25, 0.3) is 0 Å². The van der Waals surface area contributed by atoms with Crippen molar-refractivity contribution in [2.75, 3.05) is 13.3 Å². The summed E-state index contributed by atoms with van der Waals surface area (Å²) in [4.78, 5) is 0. The van der Waals surface area contributed by atoms with E-state index in [-0.39, 0.29) is 11.5 Å². The number of nitrogens with one attached hydrogen (secondary N) is 1. The molecule has 3 heteroatoms. The van der Waals surface area contributed by atoms with Crippen molar-refractivity contribution in [3.63, 3.8) is 0 Å². The third-order valence-corrected chi connectivity index (χ3v) is 3.09. The average Bonchev–Trinajstić information content (AvgIpc) is 2.88. The fourth-order valence-electron chi connectivity index (χ4n) is 1.92. The van der Waals surface area contributed by atoms with E-state index in [0.29, 0.717) is 6.79 Å². The summed E-state index contributed by atoms with van der Waals surface area (Å²) in [6, 6.07) is 6.30. The lowest BCUT2D eigenvalue weighted by molar-refractivity contribution is 0.174. The lowest BCUT2D eigenvalue weighted by Crippen LogP contribution is -2.18. The van der Waals surface area contributed by atoms with Gasteiger partial charge >= 0.3 is 0 Å². The van der Waals surface area contributed by atoms with Crippen LogP contribution >= 0.6 is 0 Å². The Morgan fingerprint density at radius 1 is 1.29 bits per heavy atom. The molecule has 1 aromatic rings. The second-order valence-corrected chi connectivity index (χ2v) is 6.16. The van der Waals surface area contributed by atoms with Gasteiger partial charge in [0.25, 0.3) is 0 Å². The number of ether oxygens (including phenoxy) is 2. The molecule has 0 bridgehead atoms. The summed E-state index contributed by atoms with van der Waals surface area (Å²) in [5.41, 5.74) is 1.24. The number of benzene rings is 1. The van der Waals surface area contributed by atoms with Gasteiger partial charge in [-0.15, -0.1) is 0 Å². The Labute approximate surface area is 127 Å². The third-order valence-electron chi connectivity index (χ3n) is 3.09. The molecule has 1 aliphatic heterocycles. The van der Waals surface area contributed by atoms with Crippen LogP contribution in [0.5, 0.6) is 11.5 Å². The Kier molecular flexibility index (Phi) is 4.93. The van der Waals surface area contributed by atoms with Gasteiger partial charge in [0.1, 0.15) is 0 Å². The standard InChI is InChI=1S/C18H23NO2/c1-14(19-11-7-5-6-10-18(2,3)4)15-8-9-16-17(12-15)21-13-20-16/h5,7-9,12,14,19H,11,13H2,1-4H3/b7-5+/t14-/m1/s1. The van der Waals surface area contributed by atoms with E-state index in [0.717, 1.165) is 18.0 Å². The molecule has 1 aliphatic rings. The SMILES string of the molecule is C[C@@H](NC/C=C/C#CC(C)(C)C)c1ccc2c(c1)OCO2. The highest BCUT2D eigenvalue weighted by Crippen LogP contribution is 2.34. The molecular weight excluding hydrogens is 262 g/mol. The van der Waals surface area contributed by atoms with Gasteiger partial charge in [0, 0.05) is 18.0 Å². The zero-order valence-corrected chi connectivity index (χ0v) is 13.2. The molecule has 0 saturated carbocycles. The highest BCUT2D eigenvalue weighted by atomic mass is 16.7. The second kappa shape index (κ2) is 6.69. The first-order chi connectivity index (χ1) is 9.96. The summed E-state index contributed by atoms with van der Waals surface area (Å²) in [5.74, 6) is 7.89. The fraction of sp³-hybridized carbons (Fsp3) is 0.444. The molecule has 1 N–H and O–H groups in total. The van der Waals surface area contributed by atoms with Crippen LogP contribution in [0.4, 0.5) is 0 Å². The lowest BCUT2D eigenvalue weighted by Gasteiger charge is -2.13. The maximum atomic E-state index is 5.40. The molecule has 0 unspecified atom stereocenters. The Hall–Kier alpha value is -1.92. The largest absolute Gasteiger partial charge is 0.454 e. The van der Waals surface area contributed by atoms with Gasteiger partial charge in [0.2, 0.25) is 6.79 Å². The van der Waals surface area contributed by atoms with Crippen molar-refractivity contribution < 1.29 is 9.47 Å². The van der Waals surface area contributed by atoms with Crippen molar-refractivity contribution in [3.8, 4) is 23.3 Å². The van der Waals surface area contributed by atoms with Gasteiger partial charge in [-0.05, 0) is 51.5 Å². The van der Waals surface area contributed by atoms with Gasteiger partial charge in [0.05, 0.1) is 0 Å². The molecule has 0 spiro atoms. The highest BCUT2D eigenvalue weighted by Gasteiger charge is 2.15. The van der Waals surface area contributed by atoms with Crippen LogP contribution in [0.3, 0.4) is 0 Å². The number of allylic oxidation sites excluding steroid dienone is 1. The van der Waals surface area contributed by atoms with Gasteiger partial charge in [-0.25, -0.2) is 0 Å². The molecule has 0 aromatic heterocycles. The van der Waals surface area contributed by atoms with Gasteiger partial charge in [-0.1, -0.05) is 24.0 Å². The molecule has 1 heterocycles. The van der Waals surface area contributed by atoms with Gasteiger partial charge in [0.15, 0.2) is 11.5 Å². The summed E-state index contributed by atoms with van der Waals surface area (Å²) in [6.45, 7) is 9.55. The molecule has 1 aromatic carbocycles. The van der Waals surface area contributed by atoms with E-state index in [9.17, 15) is 0 Å². The molecule has 0 aliphatic carbocycles. The summed E-state index contributed by atoms with van der Waals surface area (Å²) in [6.07, 6.45) is 3.95. The minimum absolute atomic E-state index is 0.0531. The maximum absolute atomic E-state index is 5.40. The molecule has 2 rings (SSSR count). The zero-order valence-electron chi connectivity index (χ0n) is 13.2. The molecule has 1 atom stereocenters. The van der Waals surface area contributed by atoms with Crippen LogP contribution in [-0.4, -0.2) is 13.3 Å². The van der Waals surface area contributed by atoms with E-state index in [1.807, 2.05) is 24.3 Å². The molecule has 0 radical (unpaired) electrons. The second-order valence-electron chi connectivity index (χ2n) is 6.16. The highest BCUT2D eigenvalue weighted by molar-refractivity contribution is 5.45. The van der Waals surface area contributed by atoms with Crippen molar-refractivity contribution >= 4 is 0 Å². The summed E-state index contributed by atoms with van der Waals surface area (Å²) >= 11 is 0. The van der Waals surface area contributed by atoms with Crippen LogP contribution in [-0.2, 0) is 0 Å². The fourth-order valence-corrected chi connectivity index (χ4v) is 1.92. The quantitative estimate of drug-likeness (QED) is 0.856. The maximum Gasteiger partial charge on any atom is 0.231 e. The molecule has 112 valence electrons. The van der Waals surface area contributed by atoms with Crippen molar-refractivity contribution in [2.24, 2.45) is 5.41 Å². The summed E-state index contributed by atoms with van der Waals surface area (Å²) in [7, 11) is 0. The van der Waals surface area contributed by atoms with E-state index in [2.05, 4.69) is 50.9 Å². The average molecular weight is 285 g/mol. The lowest BCUT2D eigenvalue weighted by atomic mass is 9.98.